The Hall–Kier alpha value is -3.20. The highest BCUT2D eigenvalue weighted by atomic mass is 16.5. The molecule has 1 aliphatic rings. The van der Waals surface area contributed by atoms with E-state index in [4.69, 9.17) is 11.2 Å². The highest BCUT2D eigenvalue weighted by Gasteiger charge is 2.38. The van der Waals surface area contributed by atoms with Crippen LogP contribution in [0.2, 0.25) is 0 Å². The Bertz CT molecular complexity index is 887. The molecule has 0 fully saturated rings. The Kier molecular flexibility index (Phi) is 6.05. The molecule has 0 aliphatic carbocycles. The van der Waals surface area contributed by atoms with Crippen LogP contribution in [0, 0.1) is 26.2 Å². The first-order valence-electron chi connectivity index (χ1n) is 9.32. The summed E-state index contributed by atoms with van der Waals surface area (Å²) in [7, 11) is 0. The standard InChI is InChI=1S/C22H24N4O2/c1-4-5-8-22(25-26-22)9-11-24-21(27)19-12-16(2)20(17(3)13-19)28-15-18-7-6-10-23-14-18/h1,6-7,10,12-14H,5,8-9,11,15H2,2-3H3,(H,24,27). The van der Waals surface area contributed by atoms with Gasteiger partial charge in [-0.2, -0.15) is 10.2 Å². The Morgan fingerprint density at radius 2 is 2.00 bits per heavy atom. The van der Waals surface area contributed by atoms with Gasteiger partial charge >= 0.3 is 0 Å². The van der Waals surface area contributed by atoms with Crippen LogP contribution in [-0.2, 0) is 6.61 Å². The van der Waals surface area contributed by atoms with Crippen molar-refractivity contribution in [3.63, 3.8) is 0 Å². The quantitative estimate of drug-likeness (QED) is 0.673. The number of aryl methyl sites for hydroxylation is 2. The summed E-state index contributed by atoms with van der Waals surface area (Å²) in [6, 6.07) is 7.54. The van der Waals surface area contributed by atoms with Gasteiger partial charge in [0.05, 0.1) is 0 Å². The molecule has 0 saturated carbocycles. The molecule has 0 saturated heterocycles. The lowest BCUT2D eigenvalue weighted by atomic mass is 10.0. The summed E-state index contributed by atoms with van der Waals surface area (Å²) in [4.78, 5) is 16.6. The van der Waals surface area contributed by atoms with E-state index in [1.54, 1.807) is 12.4 Å². The van der Waals surface area contributed by atoms with Gasteiger partial charge in [0.25, 0.3) is 5.91 Å². The highest BCUT2D eigenvalue weighted by molar-refractivity contribution is 5.94. The predicted octanol–water partition coefficient (Wildman–Crippen LogP) is 3.97. The van der Waals surface area contributed by atoms with Crippen LogP contribution in [0.3, 0.4) is 0 Å². The van der Waals surface area contributed by atoms with Gasteiger partial charge in [-0.05, 0) is 43.2 Å². The third-order valence-electron chi connectivity index (χ3n) is 4.69. The fourth-order valence-corrected chi connectivity index (χ4v) is 3.09. The van der Waals surface area contributed by atoms with Crippen molar-refractivity contribution in [2.45, 2.75) is 45.4 Å². The van der Waals surface area contributed by atoms with E-state index in [0.717, 1.165) is 28.9 Å². The number of aromatic nitrogens is 1. The van der Waals surface area contributed by atoms with E-state index in [1.165, 1.54) is 0 Å². The molecule has 0 spiro atoms. The van der Waals surface area contributed by atoms with Gasteiger partial charge in [0.2, 0.25) is 0 Å². The van der Waals surface area contributed by atoms with Gasteiger partial charge < -0.3 is 10.1 Å². The van der Waals surface area contributed by atoms with E-state index < -0.39 is 0 Å². The number of nitrogens with zero attached hydrogens (tertiary/aromatic N) is 3. The first-order valence-corrected chi connectivity index (χ1v) is 9.32. The zero-order chi connectivity index (χ0) is 20.0. The van der Waals surface area contributed by atoms with Gasteiger partial charge in [0, 0.05) is 49.3 Å². The number of nitrogens with one attached hydrogen (secondary N) is 1. The van der Waals surface area contributed by atoms with Crippen LogP contribution < -0.4 is 10.1 Å². The molecule has 1 N–H and O–H groups in total. The molecule has 144 valence electrons. The summed E-state index contributed by atoms with van der Waals surface area (Å²) in [6.07, 6.45) is 10.9. The molecule has 6 nitrogen and oxygen atoms in total. The largest absolute Gasteiger partial charge is 0.488 e. The lowest BCUT2D eigenvalue weighted by molar-refractivity contribution is 0.0951. The Balaban J connectivity index is 1.55. The lowest BCUT2D eigenvalue weighted by Crippen LogP contribution is -2.28. The normalized spacial score (nSPS) is 13.6. The molecule has 2 aromatic rings. The van der Waals surface area contributed by atoms with E-state index in [-0.39, 0.29) is 11.6 Å². The maximum absolute atomic E-state index is 12.5. The van der Waals surface area contributed by atoms with E-state index in [2.05, 4.69) is 26.4 Å². The molecule has 3 rings (SSSR count). The number of hydrogen-bond donors (Lipinski definition) is 1. The second-order valence-corrected chi connectivity index (χ2v) is 6.98. The maximum atomic E-state index is 12.5. The number of carbonyl (C=O) groups excluding carboxylic acids is 1. The zero-order valence-corrected chi connectivity index (χ0v) is 16.2. The Labute approximate surface area is 165 Å². The van der Waals surface area contributed by atoms with Gasteiger partial charge in [0.15, 0.2) is 5.66 Å². The summed E-state index contributed by atoms with van der Waals surface area (Å²) in [5.74, 6) is 3.29. The summed E-state index contributed by atoms with van der Waals surface area (Å²) < 4.78 is 5.95. The minimum atomic E-state index is -0.379. The molecule has 0 radical (unpaired) electrons. The topological polar surface area (TPSA) is 75.9 Å². The summed E-state index contributed by atoms with van der Waals surface area (Å²) >= 11 is 0. The van der Waals surface area contributed by atoms with Crippen molar-refractivity contribution in [1.82, 2.24) is 10.3 Å². The Morgan fingerprint density at radius 3 is 2.61 bits per heavy atom. The van der Waals surface area contributed by atoms with Crippen molar-refractivity contribution in [2.24, 2.45) is 10.2 Å². The van der Waals surface area contributed by atoms with Crippen molar-refractivity contribution in [3.05, 3.63) is 58.9 Å². The fraction of sp³-hybridized carbons (Fsp3) is 0.364. The second-order valence-electron chi connectivity index (χ2n) is 6.98. The molecule has 28 heavy (non-hydrogen) atoms. The third-order valence-corrected chi connectivity index (χ3v) is 4.69. The van der Waals surface area contributed by atoms with Crippen LogP contribution in [-0.4, -0.2) is 23.1 Å². The lowest BCUT2D eigenvalue weighted by Gasteiger charge is -2.15. The number of amides is 1. The number of ether oxygens (including phenoxy) is 1. The van der Waals surface area contributed by atoms with Gasteiger partial charge in [-0.1, -0.05) is 6.07 Å². The Morgan fingerprint density at radius 1 is 1.25 bits per heavy atom. The molecule has 1 aliphatic heterocycles. The fourth-order valence-electron chi connectivity index (χ4n) is 3.09. The predicted molar refractivity (Wildman–Crippen MR) is 107 cm³/mol. The molecular weight excluding hydrogens is 352 g/mol. The molecular formula is C22H24N4O2. The van der Waals surface area contributed by atoms with E-state index in [0.29, 0.717) is 31.6 Å². The van der Waals surface area contributed by atoms with Gasteiger partial charge in [-0.15, -0.1) is 12.3 Å². The van der Waals surface area contributed by atoms with Crippen molar-refractivity contribution in [2.75, 3.05) is 6.54 Å². The van der Waals surface area contributed by atoms with Gasteiger partial charge in [0.1, 0.15) is 12.4 Å². The molecule has 0 bridgehead atoms. The number of hydrogen-bond acceptors (Lipinski definition) is 5. The van der Waals surface area contributed by atoms with Crippen molar-refractivity contribution in [1.29, 1.82) is 0 Å². The SMILES string of the molecule is C#CCCC1(CCNC(=O)c2cc(C)c(OCc3cccnc3)c(C)c2)N=N1. The summed E-state index contributed by atoms with van der Waals surface area (Å²) in [6.45, 7) is 4.83. The van der Waals surface area contributed by atoms with E-state index >= 15 is 0 Å². The number of carbonyl (C=O) groups is 1. The average molecular weight is 376 g/mol. The van der Waals surface area contributed by atoms with E-state index in [1.807, 2.05) is 38.1 Å². The number of benzene rings is 1. The monoisotopic (exact) mass is 376 g/mol. The maximum Gasteiger partial charge on any atom is 0.251 e. The summed E-state index contributed by atoms with van der Waals surface area (Å²) in [5.41, 5.74) is 3.08. The number of rotatable bonds is 9. The molecule has 1 aromatic heterocycles. The molecule has 1 amide bonds. The first kappa shape index (κ1) is 19.6. The minimum absolute atomic E-state index is 0.113. The summed E-state index contributed by atoms with van der Waals surface area (Å²) in [5, 5.41) is 11.1. The molecule has 1 aromatic carbocycles. The van der Waals surface area contributed by atoms with Crippen LogP contribution in [0.4, 0.5) is 0 Å². The molecule has 6 heteroatoms. The number of terminal acetylenes is 1. The second kappa shape index (κ2) is 8.66. The molecule has 0 unspecified atom stereocenters. The molecule has 2 heterocycles. The van der Waals surface area contributed by atoms with Crippen LogP contribution in [0.25, 0.3) is 0 Å². The van der Waals surface area contributed by atoms with Crippen molar-refractivity contribution >= 4 is 5.91 Å². The van der Waals surface area contributed by atoms with Gasteiger partial charge in [-0.3, -0.25) is 9.78 Å². The third kappa shape index (κ3) is 4.95. The minimum Gasteiger partial charge on any atom is -0.488 e. The van der Waals surface area contributed by atoms with Crippen LogP contribution in [0.1, 0.15) is 46.3 Å². The van der Waals surface area contributed by atoms with Crippen molar-refractivity contribution in [3.8, 4) is 18.1 Å². The highest BCUT2D eigenvalue weighted by Crippen LogP contribution is 2.36. The smallest absolute Gasteiger partial charge is 0.251 e. The first-order chi connectivity index (χ1) is 13.5. The van der Waals surface area contributed by atoms with Gasteiger partial charge in [-0.25, -0.2) is 0 Å². The van der Waals surface area contributed by atoms with Crippen LogP contribution in [0.15, 0.2) is 46.9 Å². The zero-order valence-electron chi connectivity index (χ0n) is 16.2. The number of pyridine rings is 1. The van der Waals surface area contributed by atoms with Crippen molar-refractivity contribution < 1.29 is 9.53 Å². The molecule has 0 atom stereocenters. The average Bonchev–Trinajstić information content (AvgIpc) is 3.46. The van der Waals surface area contributed by atoms with Crippen LogP contribution in [0.5, 0.6) is 5.75 Å². The van der Waals surface area contributed by atoms with E-state index in [9.17, 15) is 4.79 Å². The van der Waals surface area contributed by atoms with Crippen LogP contribution >= 0.6 is 0 Å².